The molecule has 1 saturated carbocycles. The van der Waals surface area contributed by atoms with Crippen molar-refractivity contribution in [2.24, 2.45) is 5.41 Å². The fourth-order valence-electron chi connectivity index (χ4n) is 3.13. The van der Waals surface area contributed by atoms with Gasteiger partial charge in [-0.15, -0.1) is 0 Å². The zero-order chi connectivity index (χ0) is 15.5. The third-order valence-corrected chi connectivity index (χ3v) is 4.37. The van der Waals surface area contributed by atoms with Gasteiger partial charge in [0.1, 0.15) is 0 Å². The Morgan fingerprint density at radius 3 is 2.86 bits per heavy atom. The predicted molar refractivity (Wildman–Crippen MR) is 89.1 cm³/mol. The zero-order valence-electron chi connectivity index (χ0n) is 13.1. The molecule has 0 aromatic heterocycles. The van der Waals surface area contributed by atoms with Gasteiger partial charge in [0.05, 0.1) is 5.56 Å². The molecule has 0 spiro atoms. The molecule has 1 fully saturated rings. The fraction of sp³-hybridized carbons (Fsp3) is 0.588. The van der Waals surface area contributed by atoms with Gasteiger partial charge in [-0.2, -0.15) is 0 Å². The van der Waals surface area contributed by atoms with Crippen molar-refractivity contribution in [1.82, 2.24) is 5.32 Å². The molecule has 0 bridgehead atoms. The van der Waals surface area contributed by atoms with Gasteiger partial charge < -0.3 is 10.6 Å². The topological polar surface area (TPSA) is 41.1 Å². The van der Waals surface area contributed by atoms with Crippen LogP contribution in [0, 0.1) is 5.41 Å². The Kier molecular flexibility index (Phi) is 5.15. The van der Waals surface area contributed by atoms with Crippen molar-refractivity contribution in [3.05, 3.63) is 28.8 Å². The molecule has 21 heavy (non-hydrogen) atoms. The van der Waals surface area contributed by atoms with Crippen molar-refractivity contribution in [3.63, 3.8) is 0 Å². The Hall–Kier alpha value is -1.22. The monoisotopic (exact) mass is 308 g/mol. The number of halogens is 1. The molecule has 0 saturated heterocycles. The summed E-state index contributed by atoms with van der Waals surface area (Å²) in [5.74, 6) is -0.0313. The zero-order valence-corrected chi connectivity index (χ0v) is 13.9. The minimum absolute atomic E-state index is 0.0313. The van der Waals surface area contributed by atoms with Gasteiger partial charge in [-0.25, -0.2) is 0 Å². The second kappa shape index (κ2) is 6.69. The number of hydrogen-bond donors (Lipinski definition) is 2. The van der Waals surface area contributed by atoms with Gasteiger partial charge in [0.2, 0.25) is 0 Å². The predicted octanol–water partition coefficient (Wildman–Crippen LogP) is 4.47. The Balaban J connectivity index is 2.11. The van der Waals surface area contributed by atoms with E-state index in [0.29, 0.717) is 16.0 Å². The van der Waals surface area contributed by atoms with E-state index in [2.05, 4.69) is 24.5 Å². The third kappa shape index (κ3) is 4.37. The van der Waals surface area contributed by atoms with E-state index in [0.717, 1.165) is 25.1 Å². The number of nitrogens with one attached hydrogen (secondary N) is 2. The van der Waals surface area contributed by atoms with E-state index < -0.39 is 0 Å². The van der Waals surface area contributed by atoms with Crippen LogP contribution >= 0.6 is 11.6 Å². The lowest BCUT2D eigenvalue weighted by molar-refractivity contribution is 0.0903. The lowest BCUT2D eigenvalue weighted by atomic mass is 9.75. The normalized spacial score (nSPS) is 20.9. The molecule has 0 radical (unpaired) electrons. The van der Waals surface area contributed by atoms with Gasteiger partial charge in [-0.05, 0) is 49.8 Å². The summed E-state index contributed by atoms with van der Waals surface area (Å²) < 4.78 is 0. The number of amides is 1. The average Bonchev–Trinajstić information content (AvgIpc) is 2.40. The molecule has 2 rings (SSSR count). The van der Waals surface area contributed by atoms with Gasteiger partial charge in [0.25, 0.3) is 5.91 Å². The van der Waals surface area contributed by atoms with E-state index in [1.807, 2.05) is 13.0 Å². The first-order valence-electron chi connectivity index (χ1n) is 7.75. The van der Waals surface area contributed by atoms with Crippen LogP contribution in [0.15, 0.2) is 18.2 Å². The van der Waals surface area contributed by atoms with Gasteiger partial charge in [0.15, 0.2) is 0 Å². The van der Waals surface area contributed by atoms with E-state index in [1.165, 1.54) is 12.8 Å². The Morgan fingerprint density at radius 2 is 2.19 bits per heavy atom. The highest BCUT2D eigenvalue weighted by Gasteiger charge is 2.29. The molecule has 1 amide bonds. The summed E-state index contributed by atoms with van der Waals surface area (Å²) in [6, 6.07) is 5.67. The second-order valence-corrected chi connectivity index (χ2v) is 7.09. The van der Waals surface area contributed by atoms with Crippen LogP contribution in [0.2, 0.25) is 5.02 Å². The van der Waals surface area contributed by atoms with E-state index in [1.54, 1.807) is 12.1 Å². The number of carbonyl (C=O) groups is 1. The molecular formula is C17H25ClN2O. The van der Waals surface area contributed by atoms with Crippen molar-refractivity contribution in [3.8, 4) is 0 Å². The SMILES string of the molecule is CCNc1ccc(Cl)cc1C(=O)NC1CCCC(C)(C)C1. The maximum Gasteiger partial charge on any atom is 0.253 e. The Bertz CT molecular complexity index is 514. The summed E-state index contributed by atoms with van der Waals surface area (Å²) in [5, 5.41) is 6.99. The number of carbonyl (C=O) groups excluding carboxylic acids is 1. The maximum atomic E-state index is 12.6. The minimum atomic E-state index is -0.0313. The van der Waals surface area contributed by atoms with Crippen LogP contribution in [0.1, 0.15) is 56.8 Å². The van der Waals surface area contributed by atoms with Gasteiger partial charge in [-0.1, -0.05) is 31.9 Å². The highest BCUT2D eigenvalue weighted by atomic mass is 35.5. The molecule has 1 aliphatic rings. The highest BCUT2D eigenvalue weighted by molar-refractivity contribution is 6.31. The minimum Gasteiger partial charge on any atom is -0.385 e. The Labute approximate surface area is 132 Å². The van der Waals surface area contributed by atoms with Crippen LogP contribution in [0.3, 0.4) is 0 Å². The summed E-state index contributed by atoms with van der Waals surface area (Å²) in [6.45, 7) is 7.34. The number of anilines is 1. The van der Waals surface area contributed by atoms with Crippen molar-refractivity contribution < 1.29 is 4.79 Å². The molecule has 1 aliphatic carbocycles. The summed E-state index contributed by atoms with van der Waals surface area (Å²) in [7, 11) is 0. The summed E-state index contributed by atoms with van der Waals surface area (Å²) in [5.41, 5.74) is 1.79. The van der Waals surface area contributed by atoms with Crippen LogP contribution in [0.4, 0.5) is 5.69 Å². The summed E-state index contributed by atoms with van der Waals surface area (Å²) >= 11 is 6.04. The quantitative estimate of drug-likeness (QED) is 0.861. The molecule has 2 N–H and O–H groups in total. The number of rotatable bonds is 4. The average molecular weight is 309 g/mol. The van der Waals surface area contributed by atoms with Gasteiger partial charge in [0, 0.05) is 23.3 Å². The van der Waals surface area contributed by atoms with Crippen molar-refractivity contribution in [2.75, 3.05) is 11.9 Å². The molecule has 4 heteroatoms. The smallest absolute Gasteiger partial charge is 0.253 e. The summed E-state index contributed by atoms with van der Waals surface area (Å²) in [6.07, 6.45) is 4.51. The number of hydrogen-bond acceptors (Lipinski definition) is 2. The van der Waals surface area contributed by atoms with Crippen LogP contribution in [-0.2, 0) is 0 Å². The van der Waals surface area contributed by atoms with E-state index >= 15 is 0 Å². The molecule has 116 valence electrons. The largest absolute Gasteiger partial charge is 0.385 e. The molecule has 0 heterocycles. The first-order chi connectivity index (χ1) is 9.91. The van der Waals surface area contributed by atoms with Crippen molar-refractivity contribution >= 4 is 23.2 Å². The molecular weight excluding hydrogens is 284 g/mol. The van der Waals surface area contributed by atoms with E-state index in [4.69, 9.17) is 11.6 Å². The highest BCUT2D eigenvalue weighted by Crippen LogP contribution is 2.35. The van der Waals surface area contributed by atoms with Crippen LogP contribution in [0.25, 0.3) is 0 Å². The lowest BCUT2D eigenvalue weighted by Gasteiger charge is -2.35. The van der Waals surface area contributed by atoms with Crippen LogP contribution < -0.4 is 10.6 Å². The molecule has 1 aromatic rings. The standard InChI is InChI=1S/C17H25ClN2O/c1-4-19-15-8-7-12(18)10-14(15)16(21)20-13-6-5-9-17(2,3)11-13/h7-8,10,13,19H,4-6,9,11H2,1-3H3,(H,20,21). The van der Waals surface area contributed by atoms with Crippen LogP contribution in [0.5, 0.6) is 0 Å². The van der Waals surface area contributed by atoms with Gasteiger partial charge >= 0.3 is 0 Å². The maximum absolute atomic E-state index is 12.6. The first kappa shape index (κ1) is 16.2. The molecule has 1 unspecified atom stereocenters. The summed E-state index contributed by atoms with van der Waals surface area (Å²) in [4.78, 5) is 12.6. The second-order valence-electron chi connectivity index (χ2n) is 6.65. The Morgan fingerprint density at radius 1 is 1.43 bits per heavy atom. The molecule has 1 atom stereocenters. The van der Waals surface area contributed by atoms with Crippen LogP contribution in [-0.4, -0.2) is 18.5 Å². The molecule has 0 aliphatic heterocycles. The number of benzene rings is 1. The molecule has 1 aromatic carbocycles. The lowest BCUT2D eigenvalue weighted by Crippen LogP contribution is -2.40. The molecule has 3 nitrogen and oxygen atoms in total. The fourth-order valence-corrected chi connectivity index (χ4v) is 3.31. The van der Waals surface area contributed by atoms with Crippen molar-refractivity contribution in [2.45, 2.75) is 52.5 Å². The van der Waals surface area contributed by atoms with E-state index in [9.17, 15) is 4.79 Å². The van der Waals surface area contributed by atoms with Gasteiger partial charge in [-0.3, -0.25) is 4.79 Å². The van der Waals surface area contributed by atoms with E-state index in [-0.39, 0.29) is 11.9 Å². The third-order valence-electron chi connectivity index (χ3n) is 4.13. The first-order valence-corrected chi connectivity index (χ1v) is 8.13. The van der Waals surface area contributed by atoms with Crippen molar-refractivity contribution in [1.29, 1.82) is 0 Å².